The Balaban J connectivity index is 1.86. The summed E-state index contributed by atoms with van der Waals surface area (Å²) in [7, 11) is 0. The van der Waals surface area contributed by atoms with Gasteiger partial charge in [-0.3, -0.25) is 14.5 Å². The average Bonchev–Trinajstić information content (AvgIpc) is 2.75. The first-order valence-electron chi connectivity index (χ1n) is 6.55. The SMILES string of the molecule is O=C1C(=O)N(C/C=C/c2ccccc2)c2c(Cl)cccc21. The van der Waals surface area contributed by atoms with Crippen molar-refractivity contribution in [3.8, 4) is 0 Å². The molecule has 0 atom stereocenters. The van der Waals surface area contributed by atoms with Crippen molar-refractivity contribution in [3.05, 3.63) is 70.8 Å². The van der Waals surface area contributed by atoms with Crippen molar-refractivity contribution < 1.29 is 9.59 Å². The van der Waals surface area contributed by atoms with Gasteiger partial charge >= 0.3 is 0 Å². The highest BCUT2D eigenvalue weighted by Gasteiger charge is 2.36. The summed E-state index contributed by atoms with van der Waals surface area (Å²) in [5.74, 6) is -1.03. The molecule has 2 aromatic rings. The number of para-hydroxylation sites is 1. The van der Waals surface area contributed by atoms with Crippen molar-refractivity contribution in [2.45, 2.75) is 0 Å². The van der Waals surface area contributed by atoms with Gasteiger partial charge < -0.3 is 0 Å². The number of carbonyl (C=O) groups excluding carboxylic acids is 2. The van der Waals surface area contributed by atoms with Gasteiger partial charge in [0.25, 0.3) is 11.7 Å². The van der Waals surface area contributed by atoms with Gasteiger partial charge in [-0.05, 0) is 17.7 Å². The van der Waals surface area contributed by atoms with E-state index < -0.39 is 11.7 Å². The third kappa shape index (κ3) is 2.48. The lowest BCUT2D eigenvalue weighted by atomic mass is 10.1. The van der Waals surface area contributed by atoms with Crippen LogP contribution in [0.1, 0.15) is 15.9 Å². The second-order valence-corrected chi connectivity index (χ2v) is 5.10. The lowest BCUT2D eigenvalue weighted by Crippen LogP contribution is -2.29. The molecule has 0 saturated carbocycles. The number of hydrogen-bond acceptors (Lipinski definition) is 2. The Morgan fingerprint density at radius 3 is 2.52 bits per heavy atom. The molecule has 0 radical (unpaired) electrons. The number of rotatable bonds is 3. The molecule has 0 N–H and O–H groups in total. The lowest BCUT2D eigenvalue weighted by Gasteiger charge is -2.15. The van der Waals surface area contributed by atoms with E-state index in [4.69, 9.17) is 11.6 Å². The van der Waals surface area contributed by atoms with Crippen LogP contribution < -0.4 is 4.90 Å². The first kappa shape index (κ1) is 13.6. The second kappa shape index (κ2) is 5.54. The summed E-state index contributed by atoms with van der Waals surface area (Å²) in [6, 6.07) is 14.7. The zero-order valence-corrected chi connectivity index (χ0v) is 11.9. The predicted octanol–water partition coefficient (Wildman–Crippen LogP) is 3.58. The van der Waals surface area contributed by atoms with Crippen LogP contribution in [-0.4, -0.2) is 18.2 Å². The number of nitrogens with zero attached hydrogens (tertiary/aromatic N) is 1. The molecule has 0 aromatic heterocycles. The summed E-state index contributed by atoms with van der Waals surface area (Å²) >= 11 is 6.12. The molecule has 3 nitrogen and oxygen atoms in total. The fraction of sp³-hybridized carbons (Fsp3) is 0.0588. The summed E-state index contributed by atoms with van der Waals surface area (Å²) in [6.07, 6.45) is 3.76. The minimum Gasteiger partial charge on any atom is -0.299 e. The van der Waals surface area contributed by atoms with E-state index in [0.717, 1.165) is 5.56 Å². The van der Waals surface area contributed by atoms with Crippen molar-refractivity contribution in [2.75, 3.05) is 11.4 Å². The van der Waals surface area contributed by atoms with E-state index in [9.17, 15) is 9.59 Å². The molecule has 1 heterocycles. The van der Waals surface area contributed by atoms with Crippen LogP contribution in [0.25, 0.3) is 6.08 Å². The molecule has 1 aliphatic heterocycles. The Morgan fingerprint density at radius 2 is 1.76 bits per heavy atom. The van der Waals surface area contributed by atoms with E-state index in [1.807, 2.05) is 42.5 Å². The van der Waals surface area contributed by atoms with Crippen molar-refractivity contribution in [1.29, 1.82) is 0 Å². The van der Waals surface area contributed by atoms with E-state index in [2.05, 4.69) is 0 Å². The second-order valence-electron chi connectivity index (χ2n) is 4.69. The number of ketones is 1. The minimum atomic E-state index is -0.532. The highest BCUT2D eigenvalue weighted by molar-refractivity contribution is 6.54. The molecule has 0 aliphatic carbocycles. The van der Waals surface area contributed by atoms with Crippen LogP contribution in [-0.2, 0) is 4.79 Å². The van der Waals surface area contributed by atoms with E-state index in [0.29, 0.717) is 22.8 Å². The fourth-order valence-electron chi connectivity index (χ4n) is 2.34. The molecular weight excluding hydrogens is 286 g/mol. The van der Waals surface area contributed by atoms with Gasteiger partial charge in [-0.2, -0.15) is 0 Å². The van der Waals surface area contributed by atoms with Crippen molar-refractivity contribution in [1.82, 2.24) is 0 Å². The molecule has 104 valence electrons. The van der Waals surface area contributed by atoms with E-state index in [-0.39, 0.29) is 0 Å². The number of Topliss-reactive ketones (excluding diaryl/α,β-unsaturated/α-hetero) is 1. The van der Waals surface area contributed by atoms with Crippen LogP contribution >= 0.6 is 11.6 Å². The Labute approximate surface area is 127 Å². The summed E-state index contributed by atoms with van der Waals surface area (Å²) in [4.78, 5) is 25.4. The lowest BCUT2D eigenvalue weighted by molar-refractivity contribution is -0.114. The van der Waals surface area contributed by atoms with Crippen LogP contribution in [0.2, 0.25) is 5.02 Å². The van der Waals surface area contributed by atoms with Crippen LogP contribution in [0, 0.1) is 0 Å². The van der Waals surface area contributed by atoms with Gasteiger partial charge in [0.2, 0.25) is 0 Å². The molecule has 3 rings (SSSR count). The van der Waals surface area contributed by atoms with Gasteiger partial charge in [0.1, 0.15) is 0 Å². The molecule has 0 fully saturated rings. The van der Waals surface area contributed by atoms with Crippen LogP contribution in [0.5, 0.6) is 0 Å². The molecule has 1 aliphatic rings. The molecule has 0 saturated heterocycles. The molecule has 1 amide bonds. The van der Waals surface area contributed by atoms with E-state index in [1.165, 1.54) is 4.90 Å². The van der Waals surface area contributed by atoms with Crippen molar-refractivity contribution in [2.24, 2.45) is 0 Å². The number of amides is 1. The Bertz CT molecular complexity index is 738. The number of fused-ring (bicyclic) bond motifs is 1. The maximum atomic E-state index is 12.0. The fourth-order valence-corrected chi connectivity index (χ4v) is 2.62. The Morgan fingerprint density at radius 1 is 1.00 bits per heavy atom. The quantitative estimate of drug-likeness (QED) is 0.812. The molecule has 2 aromatic carbocycles. The summed E-state index contributed by atoms with van der Waals surface area (Å²) in [6.45, 7) is 0.316. The standard InChI is InChI=1S/C17H12ClNO2/c18-14-10-4-9-13-15(14)19(17(21)16(13)20)11-5-8-12-6-2-1-3-7-12/h1-10H,11H2/b8-5+. The molecule has 21 heavy (non-hydrogen) atoms. The van der Waals surface area contributed by atoms with Gasteiger partial charge in [-0.15, -0.1) is 0 Å². The molecule has 0 bridgehead atoms. The predicted molar refractivity (Wildman–Crippen MR) is 83.6 cm³/mol. The van der Waals surface area contributed by atoms with Crippen LogP contribution in [0.4, 0.5) is 5.69 Å². The third-order valence-electron chi connectivity index (χ3n) is 3.34. The largest absolute Gasteiger partial charge is 0.299 e. The highest BCUT2D eigenvalue weighted by Crippen LogP contribution is 2.35. The normalized spacial score (nSPS) is 14.0. The monoisotopic (exact) mass is 297 g/mol. The van der Waals surface area contributed by atoms with Gasteiger partial charge in [-0.25, -0.2) is 0 Å². The first-order valence-corrected chi connectivity index (χ1v) is 6.92. The van der Waals surface area contributed by atoms with Gasteiger partial charge in [0, 0.05) is 6.54 Å². The van der Waals surface area contributed by atoms with Crippen LogP contribution in [0.3, 0.4) is 0 Å². The zero-order valence-electron chi connectivity index (χ0n) is 11.1. The molecule has 4 heteroatoms. The number of benzene rings is 2. The number of carbonyl (C=O) groups is 2. The van der Waals surface area contributed by atoms with E-state index in [1.54, 1.807) is 18.2 Å². The smallest absolute Gasteiger partial charge is 0.299 e. The Kier molecular flexibility index (Phi) is 3.59. The third-order valence-corrected chi connectivity index (χ3v) is 3.64. The van der Waals surface area contributed by atoms with Gasteiger partial charge in [-0.1, -0.05) is 60.2 Å². The molecular formula is C17H12ClNO2. The summed E-state index contributed by atoms with van der Waals surface area (Å²) in [5.41, 5.74) is 1.92. The van der Waals surface area contributed by atoms with Gasteiger partial charge in [0.15, 0.2) is 0 Å². The maximum absolute atomic E-state index is 12.0. The first-order chi connectivity index (χ1) is 10.2. The van der Waals surface area contributed by atoms with Gasteiger partial charge in [0.05, 0.1) is 16.3 Å². The molecule has 0 unspecified atom stereocenters. The number of halogens is 1. The number of hydrogen-bond donors (Lipinski definition) is 0. The maximum Gasteiger partial charge on any atom is 0.299 e. The van der Waals surface area contributed by atoms with Crippen molar-refractivity contribution >= 4 is 35.1 Å². The Hall–Kier alpha value is -2.39. The average molecular weight is 298 g/mol. The zero-order chi connectivity index (χ0) is 14.8. The highest BCUT2D eigenvalue weighted by atomic mass is 35.5. The van der Waals surface area contributed by atoms with Crippen LogP contribution in [0.15, 0.2) is 54.6 Å². The summed E-state index contributed by atoms with van der Waals surface area (Å²) < 4.78 is 0. The van der Waals surface area contributed by atoms with E-state index >= 15 is 0 Å². The molecule has 0 spiro atoms. The number of anilines is 1. The van der Waals surface area contributed by atoms with Crippen molar-refractivity contribution in [3.63, 3.8) is 0 Å². The minimum absolute atomic E-state index is 0.316. The summed E-state index contributed by atoms with van der Waals surface area (Å²) in [5, 5.41) is 0.416. The topological polar surface area (TPSA) is 37.4 Å².